The van der Waals surface area contributed by atoms with Crippen LogP contribution in [0.15, 0.2) is 0 Å². The standard InChI is InChI=1S/C16H28N2O3/c1-2-20-15(19)14-11-17-9-10-18(14)12-13-5-8-16(21-13)6-3-4-7-16/h13-14,17H,2-12H2,1H3. The van der Waals surface area contributed by atoms with Crippen LogP contribution in [0.4, 0.5) is 0 Å². The van der Waals surface area contributed by atoms with Crippen LogP contribution in [0.2, 0.25) is 0 Å². The van der Waals surface area contributed by atoms with Crippen LogP contribution in [0, 0.1) is 0 Å². The van der Waals surface area contributed by atoms with E-state index < -0.39 is 0 Å². The van der Waals surface area contributed by atoms with Gasteiger partial charge in [0.05, 0.1) is 18.3 Å². The molecule has 0 aromatic heterocycles. The second-order valence-electron chi connectivity index (χ2n) is 6.64. The monoisotopic (exact) mass is 296 g/mol. The van der Waals surface area contributed by atoms with Gasteiger partial charge in [-0.15, -0.1) is 0 Å². The Morgan fingerprint density at radius 2 is 2.19 bits per heavy atom. The van der Waals surface area contributed by atoms with Crippen molar-refractivity contribution in [3.8, 4) is 0 Å². The van der Waals surface area contributed by atoms with Crippen molar-refractivity contribution in [2.24, 2.45) is 0 Å². The van der Waals surface area contributed by atoms with Gasteiger partial charge in [-0.2, -0.15) is 0 Å². The molecule has 0 radical (unpaired) electrons. The maximum absolute atomic E-state index is 12.1. The molecule has 1 saturated carbocycles. The number of ether oxygens (including phenoxy) is 2. The summed E-state index contributed by atoms with van der Waals surface area (Å²) >= 11 is 0. The molecule has 2 aliphatic heterocycles. The van der Waals surface area contributed by atoms with E-state index in [9.17, 15) is 4.79 Å². The van der Waals surface area contributed by atoms with E-state index in [0.717, 1.165) is 26.1 Å². The van der Waals surface area contributed by atoms with E-state index in [2.05, 4.69) is 10.2 Å². The van der Waals surface area contributed by atoms with Crippen LogP contribution in [0.5, 0.6) is 0 Å². The van der Waals surface area contributed by atoms with E-state index >= 15 is 0 Å². The van der Waals surface area contributed by atoms with Gasteiger partial charge in [0.15, 0.2) is 0 Å². The smallest absolute Gasteiger partial charge is 0.324 e. The fourth-order valence-corrected chi connectivity index (χ4v) is 4.11. The molecule has 0 bridgehead atoms. The van der Waals surface area contributed by atoms with Crippen molar-refractivity contribution in [3.05, 3.63) is 0 Å². The van der Waals surface area contributed by atoms with Crippen LogP contribution in [-0.2, 0) is 14.3 Å². The average molecular weight is 296 g/mol. The van der Waals surface area contributed by atoms with E-state index in [-0.39, 0.29) is 23.7 Å². The summed E-state index contributed by atoms with van der Waals surface area (Å²) in [4.78, 5) is 14.3. The third kappa shape index (κ3) is 3.41. The van der Waals surface area contributed by atoms with Gasteiger partial charge >= 0.3 is 5.97 Å². The van der Waals surface area contributed by atoms with Crippen molar-refractivity contribution in [2.45, 2.75) is 63.2 Å². The zero-order valence-electron chi connectivity index (χ0n) is 13.1. The van der Waals surface area contributed by atoms with Crippen molar-refractivity contribution in [1.82, 2.24) is 10.2 Å². The van der Waals surface area contributed by atoms with Crippen LogP contribution in [0.25, 0.3) is 0 Å². The normalized spacial score (nSPS) is 32.6. The Labute approximate surface area is 127 Å². The zero-order valence-corrected chi connectivity index (χ0v) is 13.1. The predicted molar refractivity (Wildman–Crippen MR) is 80.2 cm³/mol. The summed E-state index contributed by atoms with van der Waals surface area (Å²) in [6, 6.07) is -0.151. The third-order valence-corrected chi connectivity index (χ3v) is 5.20. The molecule has 2 atom stereocenters. The van der Waals surface area contributed by atoms with E-state index in [1.165, 1.54) is 32.1 Å². The molecular weight excluding hydrogens is 268 g/mol. The number of hydrogen-bond donors (Lipinski definition) is 1. The summed E-state index contributed by atoms with van der Waals surface area (Å²) in [7, 11) is 0. The van der Waals surface area contributed by atoms with Crippen molar-refractivity contribution in [1.29, 1.82) is 0 Å². The molecule has 5 heteroatoms. The van der Waals surface area contributed by atoms with E-state index in [1.54, 1.807) is 0 Å². The van der Waals surface area contributed by atoms with E-state index in [4.69, 9.17) is 9.47 Å². The lowest BCUT2D eigenvalue weighted by atomic mass is 9.98. The molecule has 1 aliphatic carbocycles. The number of hydrogen-bond acceptors (Lipinski definition) is 5. The van der Waals surface area contributed by atoms with Crippen LogP contribution < -0.4 is 5.32 Å². The largest absolute Gasteiger partial charge is 0.465 e. The van der Waals surface area contributed by atoms with Gasteiger partial charge in [0, 0.05) is 26.2 Å². The Hall–Kier alpha value is -0.650. The van der Waals surface area contributed by atoms with Gasteiger partial charge in [0.25, 0.3) is 0 Å². The number of carbonyl (C=O) groups is 1. The summed E-state index contributed by atoms with van der Waals surface area (Å²) in [6.45, 7) is 5.71. The first-order valence-electron chi connectivity index (χ1n) is 8.52. The van der Waals surface area contributed by atoms with Gasteiger partial charge in [0.2, 0.25) is 0 Å². The summed E-state index contributed by atoms with van der Waals surface area (Å²) in [5, 5.41) is 3.29. The molecule has 1 N–H and O–H groups in total. The molecule has 0 aromatic rings. The van der Waals surface area contributed by atoms with Gasteiger partial charge in [0.1, 0.15) is 6.04 Å². The number of rotatable bonds is 4. The highest BCUT2D eigenvalue weighted by atomic mass is 16.5. The van der Waals surface area contributed by atoms with Crippen molar-refractivity contribution >= 4 is 5.97 Å². The van der Waals surface area contributed by atoms with Crippen LogP contribution in [0.3, 0.4) is 0 Å². The van der Waals surface area contributed by atoms with Crippen molar-refractivity contribution in [2.75, 3.05) is 32.8 Å². The molecule has 120 valence electrons. The first kappa shape index (κ1) is 15.3. The highest BCUT2D eigenvalue weighted by Crippen LogP contribution is 2.43. The number of nitrogens with one attached hydrogen (secondary N) is 1. The molecule has 3 fully saturated rings. The molecule has 2 heterocycles. The highest BCUT2D eigenvalue weighted by Gasteiger charge is 2.43. The zero-order chi connectivity index (χ0) is 14.7. The minimum atomic E-state index is -0.151. The maximum Gasteiger partial charge on any atom is 0.324 e. The summed E-state index contributed by atoms with van der Waals surface area (Å²) in [5.41, 5.74) is 0.179. The average Bonchev–Trinajstić information content (AvgIpc) is 3.10. The van der Waals surface area contributed by atoms with Crippen LogP contribution in [0.1, 0.15) is 45.4 Å². The summed E-state index contributed by atoms with van der Waals surface area (Å²) in [6.07, 6.45) is 7.71. The fourth-order valence-electron chi connectivity index (χ4n) is 4.11. The Morgan fingerprint density at radius 3 is 2.95 bits per heavy atom. The molecule has 0 aromatic carbocycles. The second kappa shape index (κ2) is 6.63. The van der Waals surface area contributed by atoms with E-state index in [0.29, 0.717) is 13.2 Å². The van der Waals surface area contributed by atoms with Gasteiger partial charge in [-0.1, -0.05) is 12.8 Å². The molecular formula is C16H28N2O3. The topological polar surface area (TPSA) is 50.8 Å². The SMILES string of the molecule is CCOC(=O)C1CNCCN1CC1CCC2(CCCC2)O1. The lowest BCUT2D eigenvalue weighted by Crippen LogP contribution is -2.57. The number of nitrogens with zero attached hydrogens (tertiary/aromatic N) is 1. The minimum absolute atomic E-state index is 0.0988. The van der Waals surface area contributed by atoms with Crippen molar-refractivity contribution in [3.63, 3.8) is 0 Å². The Bertz CT molecular complexity index is 369. The third-order valence-electron chi connectivity index (χ3n) is 5.20. The maximum atomic E-state index is 12.1. The molecule has 2 unspecified atom stereocenters. The molecule has 21 heavy (non-hydrogen) atoms. The fraction of sp³-hybridized carbons (Fsp3) is 0.938. The summed E-state index contributed by atoms with van der Waals surface area (Å²) in [5.74, 6) is -0.0988. The lowest BCUT2D eigenvalue weighted by Gasteiger charge is -2.36. The highest BCUT2D eigenvalue weighted by molar-refractivity contribution is 5.76. The quantitative estimate of drug-likeness (QED) is 0.793. The number of esters is 1. The van der Waals surface area contributed by atoms with Gasteiger partial charge in [-0.3, -0.25) is 9.69 Å². The predicted octanol–water partition coefficient (Wildman–Crippen LogP) is 1.32. The first-order valence-corrected chi connectivity index (χ1v) is 8.52. The molecule has 2 saturated heterocycles. The second-order valence-corrected chi connectivity index (χ2v) is 6.64. The first-order chi connectivity index (χ1) is 10.2. The van der Waals surface area contributed by atoms with Crippen molar-refractivity contribution < 1.29 is 14.3 Å². The molecule has 1 spiro atoms. The van der Waals surface area contributed by atoms with Gasteiger partial charge < -0.3 is 14.8 Å². The molecule has 5 nitrogen and oxygen atoms in total. The number of piperazine rings is 1. The van der Waals surface area contributed by atoms with E-state index in [1.807, 2.05) is 6.92 Å². The molecule has 0 amide bonds. The molecule has 3 aliphatic rings. The van der Waals surface area contributed by atoms with Gasteiger partial charge in [-0.25, -0.2) is 0 Å². The Morgan fingerprint density at radius 1 is 1.38 bits per heavy atom. The van der Waals surface area contributed by atoms with Crippen LogP contribution in [-0.4, -0.2) is 61.4 Å². The Kier molecular flexibility index (Phi) is 4.82. The van der Waals surface area contributed by atoms with Gasteiger partial charge in [-0.05, 0) is 32.6 Å². The Balaban J connectivity index is 1.56. The van der Waals surface area contributed by atoms with Crippen LogP contribution >= 0.6 is 0 Å². The minimum Gasteiger partial charge on any atom is -0.465 e. The number of carbonyl (C=O) groups excluding carboxylic acids is 1. The molecule has 3 rings (SSSR count). The summed E-state index contributed by atoms with van der Waals surface area (Å²) < 4.78 is 11.6. The lowest BCUT2D eigenvalue weighted by molar-refractivity contribution is -0.151.